The Morgan fingerprint density at radius 2 is 1.43 bits per heavy atom. The molecule has 0 spiro atoms. The minimum Gasteiger partial charge on any atom is -0.481 e. The second-order valence-electron chi connectivity index (χ2n) is 16.7. The summed E-state index contributed by atoms with van der Waals surface area (Å²) >= 11 is 0. The number of allylic oxidation sites excluding steroid dienone is 4. The van der Waals surface area contributed by atoms with E-state index in [-0.39, 0.29) is 22.7 Å². The molecule has 2 saturated carbocycles. The lowest BCUT2D eigenvalue weighted by molar-refractivity contribution is -0.162. The van der Waals surface area contributed by atoms with Crippen LogP contribution in [0.2, 0.25) is 0 Å². The van der Waals surface area contributed by atoms with Crippen molar-refractivity contribution >= 4 is 11.9 Å². The number of hydrogen-bond acceptors (Lipinski definition) is 2. The summed E-state index contributed by atoms with van der Waals surface area (Å²) in [6.45, 7) is 17.7. The maximum Gasteiger partial charge on any atom is 0.309 e. The Kier molecular flexibility index (Phi) is 8.84. The molecule has 2 N–H and O–H groups in total. The molecule has 4 nitrogen and oxygen atoms in total. The number of rotatable bonds is 4. The van der Waals surface area contributed by atoms with Crippen molar-refractivity contribution in [2.24, 2.45) is 39.9 Å². The molecule has 0 heterocycles. The number of benzene rings is 1. The molecule has 0 saturated heterocycles. The van der Waals surface area contributed by atoms with Gasteiger partial charge in [0.15, 0.2) is 0 Å². The molecule has 0 bridgehead atoms. The van der Waals surface area contributed by atoms with Crippen molar-refractivity contribution in [2.75, 3.05) is 0 Å². The number of aliphatic carboxylic acids is 2. The van der Waals surface area contributed by atoms with Crippen LogP contribution in [-0.2, 0) is 21.4 Å². The number of fused-ring (bicyclic) bond motifs is 6. The van der Waals surface area contributed by atoms with E-state index in [1.807, 2.05) is 13.8 Å². The lowest BCUT2D eigenvalue weighted by Gasteiger charge is -2.57. The molecular weight excluding hydrogens is 544 g/mol. The van der Waals surface area contributed by atoms with Crippen molar-refractivity contribution < 1.29 is 19.8 Å². The predicted molar refractivity (Wildman–Crippen MR) is 179 cm³/mol. The maximum absolute atomic E-state index is 11.9. The zero-order valence-corrected chi connectivity index (χ0v) is 28.8. The zero-order chi connectivity index (χ0) is 32.2. The molecule has 1 aromatic rings. The number of carbonyl (C=O) groups is 2. The van der Waals surface area contributed by atoms with Crippen LogP contribution in [0.4, 0.5) is 0 Å². The minimum atomic E-state index is -0.606. The third-order valence-electron chi connectivity index (χ3n) is 13.6. The number of carboxylic acid groups (broad SMARTS) is 2. The lowest BCUT2D eigenvalue weighted by atomic mass is 9.47. The highest BCUT2D eigenvalue weighted by Gasteiger charge is 2.57. The molecule has 0 amide bonds. The van der Waals surface area contributed by atoms with Gasteiger partial charge in [-0.3, -0.25) is 9.59 Å². The highest BCUT2D eigenvalue weighted by Crippen LogP contribution is 2.62. The van der Waals surface area contributed by atoms with Gasteiger partial charge in [0.05, 0.1) is 10.8 Å². The quantitative estimate of drug-likeness (QED) is 0.360. The smallest absolute Gasteiger partial charge is 0.309 e. The molecule has 6 rings (SSSR count). The van der Waals surface area contributed by atoms with Crippen molar-refractivity contribution in [3.05, 3.63) is 58.2 Å². The van der Waals surface area contributed by atoms with Gasteiger partial charge in [0.1, 0.15) is 0 Å². The summed E-state index contributed by atoms with van der Waals surface area (Å²) in [4.78, 5) is 23.9. The molecule has 5 aliphatic carbocycles. The topological polar surface area (TPSA) is 74.6 Å². The van der Waals surface area contributed by atoms with Crippen LogP contribution < -0.4 is 0 Å². The second kappa shape index (κ2) is 11.8. The van der Waals surface area contributed by atoms with Gasteiger partial charge in [-0.25, -0.2) is 0 Å². The minimum absolute atomic E-state index is 0.0223. The third kappa shape index (κ3) is 5.30. The summed E-state index contributed by atoms with van der Waals surface area (Å²) in [6.07, 6.45) is 16.2. The molecule has 7 atom stereocenters. The van der Waals surface area contributed by atoms with Crippen LogP contribution in [0, 0.1) is 39.9 Å². The molecule has 7 unspecified atom stereocenters. The van der Waals surface area contributed by atoms with Crippen molar-refractivity contribution in [1.82, 2.24) is 0 Å². The highest BCUT2D eigenvalue weighted by molar-refractivity contribution is 5.76. The van der Waals surface area contributed by atoms with Crippen LogP contribution in [0.3, 0.4) is 0 Å². The van der Waals surface area contributed by atoms with Crippen molar-refractivity contribution in [3.8, 4) is 0 Å². The van der Waals surface area contributed by atoms with Crippen molar-refractivity contribution in [1.29, 1.82) is 0 Å². The molecule has 2 fully saturated rings. The molecular formula is C40H58O4. The maximum atomic E-state index is 11.9. The van der Waals surface area contributed by atoms with Crippen molar-refractivity contribution in [3.63, 3.8) is 0 Å². The number of carboxylic acids is 2. The SMILES string of the molecule is CC(C)C1=CC2=CCC3C(C)(C(=O)O)CCCC3(C)C2CC1.CC(C)c1ccc2c(c1)CCC1C(C)(C(=O)O)CCCC21C. The first-order valence-corrected chi connectivity index (χ1v) is 17.6. The van der Waals surface area contributed by atoms with Gasteiger partial charge in [0, 0.05) is 0 Å². The third-order valence-corrected chi connectivity index (χ3v) is 13.6. The largest absolute Gasteiger partial charge is 0.481 e. The van der Waals surface area contributed by atoms with Gasteiger partial charge in [0.2, 0.25) is 0 Å². The molecule has 5 aliphatic rings. The standard InChI is InChI=1S/C20H30O2.C20H28O2/c2*1-13(2)14-6-8-16-15(12-14)7-9-17-19(16,3)10-5-11-20(17,4)18(21)22/h7,12-13,16-17H,5-6,8-11H2,1-4H3,(H,21,22);6,8,12-13,17H,5,7,9-11H2,1-4H3,(H,21,22). The van der Waals surface area contributed by atoms with Crippen LogP contribution in [0.25, 0.3) is 0 Å². The van der Waals surface area contributed by atoms with E-state index in [9.17, 15) is 19.8 Å². The fourth-order valence-corrected chi connectivity index (χ4v) is 10.7. The van der Waals surface area contributed by atoms with Gasteiger partial charge in [0.25, 0.3) is 0 Å². The summed E-state index contributed by atoms with van der Waals surface area (Å²) in [5.74, 6) is 1.08. The van der Waals surface area contributed by atoms with Crippen LogP contribution in [-0.4, -0.2) is 22.2 Å². The van der Waals surface area contributed by atoms with E-state index in [0.29, 0.717) is 17.8 Å². The Morgan fingerprint density at radius 1 is 0.795 bits per heavy atom. The van der Waals surface area contributed by atoms with Crippen LogP contribution in [0.15, 0.2) is 41.5 Å². The van der Waals surface area contributed by atoms with E-state index in [0.717, 1.165) is 51.4 Å². The van der Waals surface area contributed by atoms with Gasteiger partial charge in [-0.1, -0.05) is 90.3 Å². The molecule has 44 heavy (non-hydrogen) atoms. The van der Waals surface area contributed by atoms with Gasteiger partial charge in [-0.15, -0.1) is 0 Å². The van der Waals surface area contributed by atoms with E-state index < -0.39 is 22.8 Å². The monoisotopic (exact) mass is 602 g/mol. The van der Waals surface area contributed by atoms with Crippen molar-refractivity contribution in [2.45, 2.75) is 137 Å². The summed E-state index contributed by atoms with van der Waals surface area (Å²) in [5.41, 5.74) is 6.42. The van der Waals surface area contributed by atoms with Gasteiger partial charge in [-0.2, -0.15) is 0 Å². The van der Waals surface area contributed by atoms with Gasteiger partial charge in [-0.05, 0) is 134 Å². The van der Waals surface area contributed by atoms with Crippen LogP contribution in [0.1, 0.15) is 142 Å². The second-order valence-corrected chi connectivity index (χ2v) is 16.7. The lowest BCUT2D eigenvalue weighted by Crippen LogP contribution is -2.53. The highest BCUT2D eigenvalue weighted by atomic mass is 16.4. The van der Waals surface area contributed by atoms with E-state index in [2.05, 4.69) is 71.9 Å². The fourth-order valence-electron chi connectivity index (χ4n) is 10.7. The predicted octanol–water partition coefficient (Wildman–Crippen LogP) is 10.1. The summed E-state index contributed by atoms with van der Waals surface area (Å²) in [7, 11) is 0. The Labute approximate surface area is 266 Å². The Hall–Kier alpha value is -2.36. The normalized spacial score (nSPS) is 37.7. The first kappa shape index (κ1) is 33.0. The molecule has 0 aromatic heterocycles. The van der Waals surface area contributed by atoms with E-state index in [1.165, 1.54) is 41.5 Å². The van der Waals surface area contributed by atoms with E-state index in [4.69, 9.17) is 0 Å². The summed E-state index contributed by atoms with van der Waals surface area (Å²) in [5, 5.41) is 19.6. The molecule has 4 heteroatoms. The molecule has 0 radical (unpaired) electrons. The number of hydrogen-bond donors (Lipinski definition) is 2. The first-order chi connectivity index (χ1) is 20.6. The fraction of sp³-hybridized carbons (Fsp3) is 0.700. The molecule has 0 aliphatic heterocycles. The zero-order valence-electron chi connectivity index (χ0n) is 28.8. The summed E-state index contributed by atoms with van der Waals surface area (Å²) in [6, 6.07) is 6.92. The molecule has 1 aromatic carbocycles. The van der Waals surface area contributed by atoms with Gasteiger partial charge < -0.3 is 10.2 Å². The van der Waals surface area contributed by atoms with E-state index >= 15 is 0 Å². The Morgan fingerprint density at radius 3 is 2.05 bits per heavy atom. The van der Waals surface area contributed by atoms with Crippen LogP contribution in [0.5, 0.6) is 0 Å². The van der Waals surface area contributed by atoms with E-state index in [1.54, 1.807) is 5.57 Å². The van der Waals surface area contributed by atoms with Gasteiger partial charge >= 0.3 is 11.9 Å². The average Bonchev–Trinajstić information content (AvgIpc) is 2.96. The summed E-state index contributed by atoms with van der Waals surface area (Å²) < 4.78 is 0. The average molecular weight is 603 g/mol. The molecule has 242 valence electrons. The first-order valence-electron chi connectivity index (χ1n) is 17.6. The number of aryl methyl sites for hydroxylation is 1. The Bertz CT molecular complexity index is 1350. The Balaban J connectivity index is 0.000000175. The van der Waals surface area contributed by atoms with Crippen LogP contribution >= 0.6 is 0 Å².